The summed E-state index contributed by atoms with van der Waals surface area (Å²) in [6.45, 7) is 3.25. The number of hydrogen-bond acceptors (Lipinski definition) is 4. The highest BCUT2D eigenvalue weighted by atomic mass is 16.4. The third-order valence-corrected chi connectivity index (χ3v) is 2.83. The standard InChI is InChI=1S/C13H17N5O3/c1-10-5-15-17(7-10)4-2-3-14-12(19)9-18-8-11(6-16-18)13(20)21/h5-8H,2-4,9H2,1H3,(H,14,19)(H,20,21). The second-order valence-corrected chi connectivity index (χ2v) is 4.72. The molecule has 2 aromatic heterocycles. The topological polar surface area (TPSA) is 102 Å². The molecule has 2 heterocycles. The van der Waals surface area contributed by atoms with Gasteiger partial charge in [-0.2, -0.15) is 10.2 Å². The second-order valence-electron chi connectivity index (χ2n) is 4.72. The van der Waals surface area contributed by atoms with Crippen LogP contribution in [-0.2, 0) is 17.9 Å². The number of amides is 1. The number of carbonyl (C=O) groups is 2. The van der Waals surface area contributed by atoms with Crippen LogP contribution in [0.2, 0.25) is 0 Å². The second kappa shape index (κ2) is 6.69. The number of carboxylic acid groups (broad SMARTS) is 1. The van der Waals surface area contributed by atoms with Crippen LogP contribution >= 0.6 is 0 Å². The molecule has 0 fully saturated rings. The molecule has 2 rings (SSSR count). The lowest BCUT2D eigenvalue weighted by molar-refractivity contribution is -0.121. The maximum atomic E-state index is 11.7. The Morgan fingerprint density at radius 3 is 2.62 bits per heavy atom. The van der Waals surface area contributed by atoms with Gasteiger partial charge in [-0.25, -0.2) is 4.79 Å². The zero-order chi connectivity index (χ0) is 15.2. The number of carbonyl (C=O) groups excluding carboxylic acids is 1. The van der Waals surface area contributed by atoms with E-state index in [-0.39, 0.29) is 18.0 Å². The van der Waals surface area contributed by atoms with E-state index in [9.17, 15) is 9.59 Å². The summed E-state index contributed by atoms with van der Waals surface area (Å²) in [6, 6.07) is 0. The van der Waals surface area contributed by atoms with Crippen molar-refractivity contribution in [2.75, 3.05) is 6.54 Å². The van der Waals surface area contributed by atoms with E-state index in [0.29, 0.717) is 6.54 Å². The minimum Gasteiger partial charge on any atom is -0.478 e. The Balaban J connectivity index is 1.68. The number of carboxylic acids is 1. The van der Waals surface area contributed by atoms with Crippen molar-refractivity contribution >= 4 is 11.9 Å². The van der Waals surface area contributed by atoms with Gasteiger partial charge in [0.25, 0.3) is 0 Å². The van der Waals surface area contributed by atoms with Crippen LogP contribution in [0.3, 0.4) is 0 Å². The molecule has 0 saturated carbocycles. The minimum absolute atomic E-state index is 0.00809. The molecule has 8 nitrogen and oxygen atoms in total. The van der Waals surface area contributed by atoms with Crippen molar-refractivity contribution in [2.24, 2.45) is 0 Å². The van der Waals surface area contributed by atoms with Crippen LogP contribution in [0.4, 0.5) is 0 Å². The molecule has 0 radical (unpaired) electrons. The molecule has 2 N–H and O–H groups in total. The van der Waals surface area contributed by atoms with Crippen LogP contribution in [-0.4, -0.2) is 43.1 Å². The van der Waals surface area contributed by atoms with E-state index in [0.717, 1.165) is 18.5 Å². The summed E-state index contributed by atoms with van der Waals surface area (Å²) in [5, 5.41) is 19.5. The summed E-state index contributed by atoms with van der Waals surface area (Å²) in [5.74, 6) is -1.26. The van der Waals surface area contributed by atoms with Crippen LogP contribution < -0.4 is 5.32 Å². The van der Waals surface area contributed by atoms with Gasteiger partial charge < -0.3 is 10.4 Å². The number of hydrogen-bond donors (Lipinski definition) is 2. The molecule has 2 aromatic rings. The fourth-order valence-corrected chi connectivity index (χ4v) is 1.82. The number of aromatic carboxylic acids is 1. The summed E-state index contributed by atoms with van der Waals surface area (Å²) in [4.78, 5) is 22.4. The highest BCUT2D eigenvalue weighted by molar-refractivity contribution is 5.87. The third-order valence-electron chi connectivity index (χ3n) is 2.83. The van der Waals surface area contributed by atoms with Gasteiger partial charge in [-0.15, -0.1) is 0 Å². The number of aromatic nitrogens is 4. The summed E-state index contributed by atoms with van der Waals surface area (Å²) in [5.41, 5.74) is 1.17. The van der Waals surface area contributed by atoms with Crippen molar-refractivity contribution in [3.8, 4) is 0 Å². The van der Waals surface area contributed by atoms with E-state index >= 15 is 0 Å². The van der Waals surface area contributed by atoms with Crippen molar-refractivity contribution < 1.29 is 14.7 Å². The molecular formula is C13H17N5O3. The Morgan fingerprint density at radius 1 is 1.24 bits per heavy atom. The predicted octanol–water partition coefficient (Wildman–Crippen LogP) is 0.293. The number of nitrogens with zero attached hydrogens (tertiary/aromatic N) is 4. The monoisotopic (exact) mass is 291 g/mol. The number of rotatable bonds is 7. The maximum Gasteiger partial charge on any atom is 0.338 e. The van der Waals surface area contributed by atoms with Crippen LogP contribution in [0.25, 0.3) is 0 Å². The zero-order valence-corrected chi connectivity index (χ0v) is 11.7. The van der Waals surface area contributed by atoms with E-state index in [4.69, 9.17) is 5.11 Å². The van der Waals surface area contributed by atoms with Crippen LogP contribution in [0, 0.1) is 6.92 Å². The highest BCUT2D eigenvalue weighted by Crippen LogP contribution is 1.97. The van der Waals surface area contributed by atoms with E-state index in [1.807, 2.05) is 17.8 Å². The molecule has 21 heavy (non-hydrogen) atoms. The van der Waals surface area contributed by atoms with Crippen molar-refractivity contribution in [1.29, 1.82) is 0 Å². The Labute approximate surface area is 121 Å². The molecule has 0 aliphatic rings. The van der Waals surface area contributed by atoms with Crippen molar-refractivity contribution in [3.05, 3.63) is 35.9 Å². The first-order chi connectivity index (χ1) is 10.0. The molecule has 0 aromatic carbocycles. The van der Waals surface area contributed by atoms with Gasteiger partial charge in [0.1, 0.15) is 6.54 Å². The van der Waals surface area contributed by atoms with Crippen molar-refractivity contribution in [3.63, 3.8) is 0 Å². The smallest absolute Gasteiger partial charge is 0.338 e. The van der Waals surface area contributed by atoms with Gasteiger partial charge in [-0.3, -0.25) is 14.2 Å². The molecule has 0 bridgehead atoms. The Hall–Kier alpha value is -2.64. The molecule has 1 amide bonds. The lowest BCUT2D eigenvalue weighted by Crippen LogP contribution is -2.29. The van der Waals surface area contributed by atoms with E-state index in [1.165, 1.54) is 17.1 Å². The first-order valence-electron chi connectivity index (χ1n) is 6.56. The fourth-order valence-electron chi connectivity index (χ4n) is 1.82. The van der Waals surface area contributed by atoms with Gasteiger partial charge in [-0.05, 0) is 18.9 Å². The Morgan fingerprint density at radius 2 is 2.00 bits per heavy atom. The molecule has 0 spiro atoms. The van der Waals surface area contributed by atoms with Crippen LogP contribution in [0.5, 0.6) is 0 Å². The molecule has 0 saturated heterocycles. The van der Waals surface area contributed by atoms with Gasteiger partial charge in [-0.1, -0.05) is 0 Å². The summed E-state index contributed by atoms with van der Waals surface area (Å²) in [6.07, 6.45) is 7.05. The lowest BCUT2D eigenvalue weighted by Gasteiger charge is -2.05. The zero-order valence-electron chi connectivity index (χ0n) is 11.7. The Kier molecular flexibility index (Phi) is 4.70. The van der Waals surface area contributed by atoms with Gasteiger partial charge in [0.05, 0.1) is 18.0 Å². The predicted molar refractivity (Wildman–Crippen MR) is 73.8 cm³/mol. The molecule has 0 unspecified atom stereocenters. The molecule has 0 aliphatic heterocycles. The van der Waals surface area contributed by atoms with Gasteiger partial charge in [0.15, 0.2) is 0 Å². The quantitative estimate of drug-likeness (QED) is 0.714. The Bertz CT molecular complexity index is 631. The summed E-state index contributed by atoms with van der Waals surface area (Å²) < 4.78 is 3.13. The largest absolute Gasteiger partial charge is 0.478 e. The van der Waals surface area contributed by atoms with E-state index < -0.39 is 5.97 Å². The molecule has 0 atom stereocenters. The highest BCUT2D eigenvalue weighted by Gasteiger charge is 2.08. The lowest BCUT2D eigenvalue weighted by atomic mass is 10.4. The average Bonchev–Trinajstić information content (AvgIpc) is 3.04. The van der Waals surface area contributed by atoms with Crippen LogP contribution in [0.15, 0.2) is 24.8 Å². The van der Waals surface area contributed by atoms with Crippen LogP contribution in [0.1, 0.15) is 22.3 Å². The molecule has 8 heteroatoms. The SMILES string of the molecule is Cc1cnn(CCCNC(=O)Cn2cc(C(=O)O)cn2)c1. The van der Waals surface area contributed by atoms with Crippen molar-refractivity contribution in [2.45, 2.75) is 26.4 Å². The minimum atomic E-state index is -1.06. The van der Waals surface area contributed by atoms with E-state index in [2.05, 4.69) is 15.5 Å². The van der Waals surface area contributed by atoms with Gasteiger partial charge in [0, 0.05) is 25.5 Å². The fraction of sp³-hybridized carbons (Fsp3) is 0.385. The summed E-state index contributed by atoms with van der Waals surface area (Å²) >= 11 is 0. The normalized spacial score (nSPS) is 10.5. The summed E-state index contributed by atoms with van der Waals surface area (Å²) in [7, 11) is 0. The maximum absolute atomic E-state index is 11.7. The van der Waals surface area contributed by atoms with Gasteiger partial charge >= 0.3 is 5.97 Å². The third kappa shape index (κ3) is 4.44. The first kappa shape index (κ1) is 14.8. The van der Waals surface area contributed by atoms with Gasteiger partial charge in [0.2, 0.25) is 5.91 Å². The van der Waals surface area contributed by atoms with Crippen molar-refractivity contribution in [1.82, 2.24) is 24.9 Å². The van der Waals surface area contributed by atoms with E-state index in [1.54, 1.807) is 6.20 Å². The molecule has 112 valence electrons. The number of nitrogens with one attached hydrogen (secondary N) is 1. The average molecular weight is 291 g/mol. The molecular weight excluding hydrogens is 274 g/mol. The molecule has 0 aliphatic carbocycles. The first-order valence-corrected chi connectivity index (χ1v) is 6.56. The number of aryl methyl sites for hydroxylation is 2.